The number of hydrogen-bond donors (Lipinski definition) is 2. The summed E-state index contributed by atoms with van der Waals surface area (Å²) in [5, 5.41) is 3.17. The second kappa shape index (κ2) is 7.04. The summed E-state index contributed by atoms with van der Waals surface area (Å²) in [5.74, 6) is 0.430. The fraction of sp³-hybridized carbons (Fsp3) is 0.188. The molecule has 3 N–H and O–H groups in total. The van der Waals surface area contributed by atoms with Gasteiger partial charge < -0.3 is 15.8 Å². The maximum Gasteiger partial charge on any atom is 0.135 e. The van der Waals surface area contributed by atoms with Crippen LogP contribution in [0.5, 0.6) is 5.75 Å². The lowest BCUT2D eigenvalue weighted by Gasteiger charge is -2.09. The molecule has 2 aromatic carbocycles. The lowest BCUT2D eigenvalue weighted by Crippen LogP contribution is -2.12. The Bertz CT molecular complexity index is 629. The molecule has 2 rings (SSSR count). The minimum absolute atomic E-state index is 0.0669. The summed E-state index contributed by atoms with van der Waals surface area (Å²) in [6.45, 7) is 0.707. The first-order chi connectivity index (χ1) is 10.1. The van der Waals surface area contributed by atoms with Gasteiger partial charge in [0.2, 0.25) is 0 Å². The van der Waals surface area contributed by atoms with Gasteiger partial charge in [-0.3, -0.25) is 0 Å². The molecule has 3 nitrogen and oxygen atoms in total. The number of ether oxygens (including phenoxy) is 1. The zero-order valence-electron chi connectivity index (χ0n) is 11.7. The molecule has 2 aromatic rings. The Morgan fingerprint density at radius 3 is 2.52 bits per heavy atom. The minimum atomic E-state index is -0.406. The highest BCUT2D eigenvalue weighted by Crippen LogP contribution is 2.15. The number of nitrogens with one attached hydrogen (secondary N) is 1. The van der Waals surface area contributed by atoms with Crippen molar-refractivity contribution in [2.45, 2.75) is 6.42 Å². The molecule has 0 atom stereocenters. The van der Waals surface area contributed by atoms with Crippen molar-refractivity contribution >= 4 is 22.9 Å². The zero-order chi connectivity index (χ0) is 15.2. The smallest absolute Gasteiger partial charge is 0.135 e. The SMILES string of the molecule is COc1ccc(CCNc2ccc(C(N)=S)c(F)c2)cc1. The molecular weight excluding hydrogens is 287 g/mol. The number of anilines is 1. The van der Waals surface area contributed by atoms with Crippen LogP contribution in [0, 0.1) is 5.82 Å². The van der Waals surface area contributed by atoms with Gasteiger partial charge in [-0.2, -0.15) is 0 Å². The van der Waals surface area contributed by atoms with Crippen molar-refractivity contribution < 1.29 is 9.13 Å². The average Bonchev–Trinajstić information content (AvgIpc) is 2.47. The van der Waals surface area contributed by atoms with Gasteiger partial charge >= 0.3 is 0 Å². The Morgan fingerprint density at radius 1 is 1.24 bits per heavy atom. The molecule has 0 aliphatic rings. The van der Waals surface area contributed by atoms with Crippen LogP contribution in [0.3, 0.4) is 0 Å². The van der Waals surface area contributed by atoms with E-state index < -0.39 is 5.82 Å². The van der Waals surface area contributed by atoms with Crippen molar-refractivity contribution in [3.63, 3.8) is 0 Å². The summed E-state index contributed by atoms with van der Waals surface area (Å²) in [4.78, 5) is 0.0669. The van der Waals surface area contributed by atoms with Crippen molar-refractivity contribution in [1.82, 2.24) is 0 Å². The molecule has 0 aliphatic heterocycles. The second-order valence-corrected chi connectivity index (χ2v) is 5.02. The summed E-state index contributed by atoms with van der Waals surface area (Å²) >= 11 is 4.77. The highest BCUT2D eigenvalue weighted by molar-refractivity contribution is 7.80. The molecular formula is C16H17FN2OS. The van der Waals surface area contributed by atoms with Gasteiger partial charge in [0.05, 0.1) is 7.11 Å². The topological polar surface area (TPSA) is 47.3 Å². The van der Waals surface area contributed by atoms with Crippen LogP contribution in [0.4, 0.5) is 10.1 Å². The summed E-state index contributed by atoms with van der Waals surface area (Å²) < 4.78 is 18.8. The van der Waals surface area contributed by atoms with Crippen LogP contribution in [-0.2, 0) is 6.42 Å². The highest BCUT2D eigenvalue weighted by atomic mass is 32.1. The second-order valence-electron chi connectivity index (χ2n) is 4.58. The third kappa shape index (κ3) is 4.16. The fourth-order valence-electron chi connectivity index (χ4n) is 1.97. The first-order valence-corrected chi connectivity index (χ1v) is 6.97. The quantitative estimate of drug-likeness (QED) is 0.805. The van der Waals surface area contributed by atoms with Crippen molar-refractivity contribution in [2.75, 3.05) is 19.0 Å². The zero-order valence-corrected chi connectivity index (χ0v) is 12.5. The van der Waals surface area contributed by atoms with E-state index in [1.807, 2.05) is 24.3 Å². The van der Waals surface area contributed by atoms with Gasteiger partial charge in [-0.05, 0) is 42.3 Å². The van der Waals surface area contributed by atoms with Crippen LogP contribution in [0.2, 0.25) is 0 Å². The van der Waals surface area contributed by atoms with Gasteiger partial charge in [0, 0.05) is 17.8 Å². The number of thiocarbonyl (C=S) groups is 1. The van der Waals surface area contributed by atoms with Crippen molar-refractivity contribution in [3.05, 3.63) is 59.4 Å². The van der Waals surface area contributed by atoms with E-state index in [-0.39, 0.29) is 10.6 Å². The van der Waals surface area contributed by atoms with Gasteiger partial charge in [0.1, 0.15) is 16.6 Å². The Labute approximate surface area is 128 Å². The highest BCUT2D eigenvalue weighted by Gasteiger charge is 2.05. The lowest BCUT2D eigenvalue weighted by atomic mass is 10.1. The van der Waals surface area contributed by atoms with Gasteiger partial charge in [0.25, 0.3) is 0 Å². The molecule has 0 radical (unpaired) electrons. The fourth-order valence-corrected chi connectivity index (χ4v) is 2.13. The molecule has 0 amide bonds. The molecule has 0 saturated carbocycles. The first-order valence-electron chi connectivity index (χ1n) is 6.56. The van der Waals surface area contributed by atoms with E-state index in [1.54, 1.807) is 19.2 Å². The first kappa shape index (κ1) is 15.3. The third-order valence-corrected chi connectivity index (χ3v) is 3.36. The Hall–Kier alpha value is -2.14. The molecule has 110 valence electrons. The summed E-state index contributed by atoms with van der Waals surface area (Å²) in [5.41, 5.74) is 7.59. The van der Waals surface area contributed by atoms with Crippen molar-refractivity contribution in [1.29, 1.82) is 0 Å². The van der Waals surface area contributed by atoms with Crippen molar-refractivity contribution in [2.24, 2.45) is 5.73 Å². The van der Waals surface area contributed by atoms with E-state index in [4.69, 9.17) is 22.7 Å². The van der Waals surface area contributed by atoms with Crippen LogP contribution in [0.25, 0.3) is 0 Å². The van der Waals surface area contributed by atoms with Crippen LogP contribution in [-0.4, -0.2) is 18.6 Å². The normalized spacial score (nSPS) is 10.2. The number of methoxy groups -OCH3 is 1. The van der Waals surface area contributed by atoms with Crippen LogP contribution < -0.4 is 15.8 Å². The Morgan fingerprint density at radius 2 is 1.95 bits per heavy atom. The minimum Gasteiger partial charge on any atom is -0.497 e. The molecule has 21 heavy (non-hydrogen) atoms. The van der Waals surface area contributed by atoms with E-state index in [0.29, 0.717) is 12.2 Å². The molecule has 0 spiro atoms. The Balaban J connectivity index is 1.91. The van der Waals surface area contributed by atoms with Crippen molar-refractivity contribution in [3.8, 4) is 5.75 Å². The van der Waals surface area contributed by atoms with Crippen LogP contribution in [0.1, 0.15) is 11.1 Å². The maximum absolute atomic E-state index is 13.7. The lowest BCUT2D eigenvalue weighted by molar-refractivity contribution is 0.414. The average molecular weight is 304 g/mol. The van der Waals surface area contributed by atoms with E-state index in [9.17, 15) is 4.39 Å². The van der Waals surface area contributed by atoms with Gasteiger partial charge in [-0.15, -0.1) is 0 Å². The summed E-state index contributed by atoms with van der Waals surface area (Å²) in [6.07, 6.45) is 0.836. The maximum atomic E-state index is 13.7. The van der Waals surface area contributed by atoms with E-state index in [0.717, 1.165) is 12.2 Å². The van der Waals surface area contributed by atoms with Gasteiger partial charge in [0.15, 0.2) is 0 Å². The van der Waals surface area contributed by atoms with E-state index >= 15 is 0 Å². The molecule has 0 aliphatic carbocycles. The molecule has 0 unspecified atom stereocenters. The Kier molecular flexibility index (Phi) is 5.11. The third-order valence-electron chi connectivity index (χ3n) is 3.14. The number of hydrogen-bond acceptors (Lipinski definition) is 3. The largest absolute Gasteiger partial charge is 0.497 e. The number of halogens is 1. The molecule has 0 aromatic heterocycles. The summed E-state index contributed by atoms with van der Waals surface area (Å²) in [6, 6.07) is 12.6. The molecule has 0 saturated heterocycles. The monoisotopic (exact) mass is 304 g/mol. The number of nitrogens with two attached hydrogens (primary N) is 1. The summed E-state index contributed by atoms with van der Waals surface area (Å²) in [7, 11) is 1.64. The predicted molar refractivity (Wildman–Crippen MR) is 87.5 cm³/mol. The van der Waals surface area contributed by atoms with E-state index in [1.165, 1.54) is 11.6 Å². The molecule has 0 heterocycles. The van der Waals surface area contributed by atoms with Gasteiger partial charge in [-0.25, -0.2) is 4.39 Å². The van der Waals surface area contributed by atoms with Crippen LogP contribution in [0.15, 0.2) is 42.5 Å². The van der Waals surface area contributed by atoms with Gasteiger partial charge in [-0.1, -0.05) is 24.4 Å². The van der Waals surface area contributed by atoms with Crippen LogP contribution >= 0.6 is 12.2 Å². The predicted octanol–water partition coefficient (Wildman–Crippen LogP) is 3.12. The molecule has 0 bridgehead atoms. The standard InChI is InChI=1S/C16H17FN2OS/c1-20-13-5-2-11(3-6-13)8-9-19-12-4-7-14(16(18)21)15(17)10-12/h2-7,10,19H,8-9H2,1H3,(H2,18,21). The number of benzene rings is 2. The molecule has 5 heteroatoms. The number of rotatable bonds is 6. The molecule has 0 fully saturated rings. The van der Waals surface area contributed by atoms with E-state index in [2.05, 4.69) is 5.32 Å².